The number of carbonyl (C=O) groups is 2. The molecule has 1 amide bonds. The van der Waals surface area contributed by atoms with Crippen LogP contribution in [0.15, 0.2) is 24.3 Å². The van der Waals surface area contributed by atoms with E-state index in [1.807, 2.05) is 0 Å². The minimum absolute atomic E-state index is 0.133. The number of carbonyl (C=O) groups excluding carboxylic acids is 1. The number of hydrogen-bond donors (Lipinski definition) is 3. The molecule has 1 aromatic carbocycles. The fourth-order valence-electron chi connectivity index (χ4n) is 2.53. The Kier molecular flexibility index (Phi) is 3.71. The molecule has 1 saturated heterocycles. The summed E-state index contributed by atoms with van der Waals surface area (Å²) in [5.41, 5.74) is 6.16. The van der Waals surface area contributed by atoms with Gasteiger partial charge in [-0.05, 0) is 30.5 Å². The normalized spacial score (nSPS) is 22.5. The first kappa shape index (κ1) is 13.4. The Morgan fingerprint density at radius 3 is 2.42 bits per heavy atom. The second kappa shape index (κ2) is 5.27. The number of aliphatic carboxylic acids is 1. The Labute approximate surface area is 110 Å². The number of carboxylic acids is 1. The standard InChI is InChI=1S/C13H16N2O4/c14-7-12(17)15-10(5-6-11(15)13(18)19)8-1-3-9(16)4-2-8/h1-4,10-11,16H,5-7,14H2,(H,18,19)/t10?,11-/m0/s1. The van der Waals surface area contributed by atoms with Gasteiger partial charge in [-0.2, -0.15) is 0 Å². The molecule has 0 bridgehead atoms. The van der Waals surface area contributed by atoms with Gasteiger partial charge < -0.3 is 20.8 Å². The van der Waals surface area contributed by atoms with Crippen molar-refractivity contribution in [2.45, 2.75) is 24.9 Å². The minimum Gasteiger partial charge on any atom is -0.508 e. The third-order valence-corrected chi connectivity index (χ3v) is 3.41. The van der Waals surface area contributed by atoms with Gasteiger partial charge in [0.1, 0.15) is 11.8 Å². The van der Waals surface area contributed by atoms with Crippen LogP contribution in [0.5, 0.6) is 5.75 Å². The highest BCUT2D eigenvalue weighted by molar-refractivity contribution is 5.85. The topological polar surface area (TPSA) is 104 Å². The number of carboxylic acid groups (broad SMARTS) is 1. The van der Waals surface area contributed by atoms with Crippen molar-refractivity contribution < 1.29 is 19.8 Å². The van der Waals surface area contributed by atoms with E-state index in [-0.39, 0.29) is 24.2 Å². The molecule has 0 spiro atoms. The van der Waals surface area contributed by atoms with E-state index in [1.165, 1.54) is 17.0 Å². The molecular formula is C13H16N2O4. The van der Waals surface area contributed by atoms with Gasteiger partial charge in [-0.15, -0.1) is 0 Å². The van der Waals surface area contributed by atoms with Crippen LogP contribution >= 0.6 is 0 Å². The van der Waals surface area contributed by atoms with Crippen molar-refractivity contribution in [2.24, 2.45) is 5.73 Å². The van der Waals surface area contributed by atoms with Crippen molar-refractivity contribution in [1.29, 1.82) is 0 Å². The van der Waals surface area contributed by atoms with Gasteiger partial charge in [0.05, 0.1) is 12.6 Å². The Balaban J connectivity index is 2.31. The van der Waals surface area contributed by atoms with Crippen LogP contribution in [0.25, 0.3) is 0 Å². The molecule has 1 aromatic rings. The summed E-state index contributed by atoms with van der Waals surface area (Å²) < 4.78 is 0. The number of rotatable bonds is 3. The van der Waals surface area contributed by atoms with Crippen molar-refractivity contribution in [3.05, 3.63) is 29.8 Å². The van der Waals surface area contributed by atoms with Crippen LogP contribution in [0.1, 0.15) is 24.4 Å². The van der Waals surface area contributed by atoms with Gasteiger partial charge in [-0.25, -0.2) is 4.79 Å². The Morgan fingerprint density at radius 1 is 1.26 bits per heavy atom. The monoisotopic (exact) mass is 264 g/mol. The fourth-order valence-corrected chi connectivity index (χ4v) is 2.53. The van der Waals surface area contributed by atoms with Crippen LogP contribution in [-0.4, -0.2) is 39.6 Å². The molecule has 1 aliphatic rings. The van der Waals surface area contributed by atoms with E-state index in [4.69, 9.17) is 10.8 Å². The summed E-state index contributed by atoms with van der Waals surface area (Å²) in [5.74, 6) is -1.25. The largest absolute Gasteiger partial charge is 0.508 e. The molecule has 0 saturated carbocycles. The summed E-state index contributed by atoms with van der Waals surface area (Å²) in [7, 11) is 0. The highest BCUT2D eigenvalue weighted by Crippen LogP contribution is 2.36. The lowest BCUT2D eigenvalue weighted by atomic mass is 10.0. The fraction of sp³-hybridized carbons (Fsp3) is 0.385. The van der Waals surface area contributed by atoms with Gasteiger partial charge in [0.25, 0.3) is 0 Å². The molecule has 19 heavy (non-hydrogen) atoms. The van der Waals surface area contributed by atoms with E-state index in [1.54, 1.807) is 12.1 Å². The molecule has 0 radical (unpaired) electrons. The third kappa shape index (κ3) is 2.53. The Morgan fingerprint density at radius 2 is 1.89 bits per heavy atom. The van der Waals surface area contributed by atoms with Crippen molar-refractivity contribution in [3.63, 3.8) is 0 Å². The number of aromatic hydroxyl groups is 1. The SMILES string of the molecule is NCC(=O)N1C(c2ccc(O)cc2)CC[C@H]1C(=O)O. The predicted molar refractivity (Wildman–Crippen MR) is 67.4 cm³/mol. The van der Waals surface area contributed by atoms with Crippen molar-refractivity contribution in [3.8, 4) is 5.75 Å². The van der Waals surface area contributed by atoms with Gasteiger partial charge in [0.2, 0.25) is 5.91 Å². The smallest absolute Gasteiger partial charge is 0.326 e. The average Bonchev–Trinajstić information content (AvgIpc) is 2.83. The molecule has 0 aliphatic carbocycles. The Bertz CT molecular complexity index is 486. The number of likely N-dealkylation sites (tertiary alicyclic amines) is 1. The zero-order valence-corrected chi connectivity index (χ0v) is 10.3. The van der Waals surface area contributed by atoms with Crippen molar-refractivity contribution >= 4 is 11.9 Å². The molecule has 6 nitrogen and oxygen atoms in total. The summed E-state index contributed by atoms with van der Waals surface area (Å²) in [6.45, 7) is -0.210. The van der Waals surface area contributed by atoms with Crippen molar-refractivity contribution in [2.75, 3.05) is 6.54 Å². The molecular weight excluding hydrogens is 248 g/mol. The number of benzene rings is 1. The maximum atomic E-state index is 11.9. The van der Waals surface area contributed by atoms with E-state index in [0.29, 0.717) is 12.8 Å². The van der Waals surface area contributed by atoms with Gasteiger partial charge in [0, 0.05) is 0 Å². The zero-order valence-electron chi connectivity index (χ0n) is 10.3. The molecule has 2 atom stereocenters. The number of phenolic OH excluding ortho intramolecular Hbond substituents is 1. The number of nitrogens with two attached hydrogens (primary N) is 1. The van der Waals surface area contributed by atoms with Crippen molar-refractivity contribution in [1.82, 2.24) is 4.90 Å². The van der Waals surface area contributed by atoms with Gasteiger partial charge in [-0.1, -0.05) is 12.1 Å². The van der Waals surface area contributed by atoms with E-state index < -0.39 is 12.0 Å². The summed E-state index contributed by atoms with van der Waals surface area (Å²) in [6, 6.07) is 5.32. The molecule has 1 fully saturated rings. The zero-order chi connectivity index (χ0) is 14.0. The first-order valence-corrected chi connectivity index (χ1v) is 6.07. The van der Waals surface area contributed by atoms with Crippen LogP contribution in [-0.2, 0) is 9.59 Å². The highest BCUT2D eigenvalue weighted by Gasteiger charge is 2.40. The molecule has 0 aromatic heterocycles. The van der Waals surface area contributed by atoms with Gasteiger partial charge >= 0.3 is 5.97 Å². The summed E-state index contributed by atoms with van der Waals surface area (Å²) in [6.07, 6.45) is 0.986. The number of hydrogen-bond acceptors (Lipinski definition) is 4. The second-order valence-electron chi connectivity index (χ2n) is 4.54. The first-order valence-electron chi connectivity index (χ1n) is 6.07. The second-order valence-corrected chi connectivity index (χ2v) is 4.54. The van der Waals surface area contributed by atoms with Crippen LogP contribution in [0.4, 0.5) is 0 Å². The molecule has 1 aliphatic heterocycles. The predicted octanol–water partition coefficient (Wildman–Crippen LogP) is 0.468. The summed E-state index contributed by atoms with van der Waals surface area (Å²) >= 11 is 0. The molecule has 4 N–H and O–H groups in total. The molecule has 2 rings (SSSR count). The third-order valence-electron chi connectivity index (χ3n) is 3.41. The highest BCUT2D eigenvalue weighted by atomic mass is 16.4. The molecule has 1 heterocycles. The Hall–Kier alpha value is -2.08. The summed E-state index contributed by atoms with van der Waals surface area (Å²) in [5, 5.41) is 18.4. The number of nitrogens with zero attached hydrogens (tertiary/aromatic N) is 1. The average molecular weight is 264 g/mol. The maximum Gasteiger partial charge on any atom is 0.326 e. The van der Waals surface area contributed by atoms with E-state index in [0.717, 1.165) is 5.56 Å². The van der Waals surface area contributed by atoms with E-state index in [2.05, 4.69) is 0 Å². The number of phenols is 1. The van der Waals surface area contributed by atoms with E-state index >= 15 is 0 Å². The lowest BCUT2D eigenvalue weighted by Crippen LogP contribution is -2.44. The van der Waals surface area contributed by atoms with Gasteiger partial charge in [-0.3, -0.25) is 4.79 Å². The first-order chi connectivity index (χ1) is 9.04. The molecule has 102 valence electrons. The summed E-state index contributed by atoms with van der Waals surface area (Å²) in [4.78, 5) is 24.4. The maximum absolute atomic E-state index is 11.9. The van der Waals surface area contributed by atoms with Crippen LogP contribution in [0.3, 0.4) is 0 Å². The quantitative estimate of drug-likeness (QED) is 0.736. The minimum atomic E-state index is -1.01. The lowest BCUT2D eigenvalue weighted by molar-refractivity contribution is -0.149. The lowest BCUT2D eigenvalue weighted by Gasteiger charge is -2.28. The molecule has 1 unspecified atom stereocenters. The van der Waals surface area contributed by atoms with E-state index in [9.17, 15) is 14.7 Å². The number of amides is 1. The van der Waals surface area contributed by atoms with Crippen LogP contribution < -0.4 is 5.73 Å². The molecule has 6 heteroatoms. The van der Waals surface area contributed by atoms with Gasteiger partial charge in [0.15, 0.2) is 0 Å². The van der Waals surface area contributed by atoms with Crippen LogP contribution in [0, 0.1) is 0 Å². The van der Waals surface area contributed by atoms with Crippen LogP contribution in [0.2, 0.25) is 0 Å².